The molecular formula is C24H25FN6O3. The maximum absolute atomic E-state index is 14.4. The number of nitrogens with zero attached hydrogens (tertiary/aromatic N) is 4. The van der Waals surface area contributed by atoms with Gasteiger partial charge in [-0.25, -0.2) is 14.1 Å². The second-order valence-corrected chi connectivity index (χ2v) is 8.31. The minimum Gasteiger partial charge on any atom is -0.396 e. The van der Waals surface area contributed by atoms with Gasteiger partial charge in [-0.05, 0) is 36.7 Å². The van der Waals surface area contributed by atoms with Gasteiger partial charge < -0.3 is 10.4 Å². The van der Waals surface area contributed by atoms with E-state index in [1.807, 2.05) is 31.3 Å². The fourth-order valence-electron chi connectivity index (χ4n) is 4.55. The van der Waals surface area contributed by atoms with E-state index in [4.69, 9.17) is 4.84 Å². The normalized spacial score (nSPS) is 19.3. The van der Waals surface area contributed by atoms with Gasteiger partial charge in [0.15, 0.2) is 5.78 Å². The molecule has 10 heteroatoms. The zero-order valence-electron chi connectivity index (χ0n) is 18.7. The summed E-state index contributed by atoms with van der Waals surface area (Å²) in [7, 11) is 1.89. The predicted molar refractivity (Wildman–Crippen MR) is 123 cm³/mol. The molecule has 3 aromatic rings. The molecule has 0 radical (unpaired) electrons. The van der Waals surface area contributed by atoms with Crippen molar-refractivity contribution >= 4 is 17.2 Å². The number of hydrogen-bond donors (Lipinski definition) is 3. The van der Waals surface area contributed by atoms with Crippen LogP contribution in [0.4, 0.5) is 10.1 Å². The summed E-state index contributed by atoms with van der Waals surface area (Å²) in [4.78, 5) is 28.0. The van der Waals surface area contributed by atoms with Gasteiger partial charge in [-0.3, -0.25) is 20.1 Å². The van der Waals surface area contributed by atoms with Crippen molar-refractivity contribution in [2.75, 3.05) is 25.7 Å². The van der Waals surface area contributed by atoms with Crippen molar-refractivity contribution in [3.8, 4) is 0 Å². The van der Waals surface area contributed by atoms with Crippen LogP contribution in [0.3, 0.4) is 0 Å². The van der Waals surface area contributed by atoms with Gasteiger partial charge in [-0.15, -0.1) is 0 Å². The van der Waals surface area contributed by atoms with E-state index in [1.165, 1.54) is 18.5 Å². The van der Waals surface area contributed by atoms with Crippen molar-refractivity contribution in [1.82, 2.24) is 20.1 Å². The average molecular weight is 465 g/mol. The predicted octanol–water partition coefficient (Wildman–Crippen LogP) is 2.39. The first-order chi connectivity index (χ1) is 16.6. The molecule has 0 saturated carbocycles. The highest BCUT2D eigenvalue weighted by atomic mass is 19.1. The number of aliphatic hydroxyl groups excluding tert-OH is 1. The molecule has 3 heterocycles. The Morgan fingerprint density at radius 2 is 2.12 bits per heavy atom. The third kappa shape index (κ3) is 4.00. The third-order valence-corrected chi connectivity index (χ3v) is 6.09. The van der Waals surface area contributed by atoms with Crippen LogP contribution in [-0.2, 0) is 17.9 Å². The SMILES string of the molecule is CNCc1ccc(C2ONc3cc(F)cc4c3C(=NCC4=O)C2c2ncnn2CCCO)cc1. The Bertz CT molecular complexity index is 1240. The molecule has 0 bridgehead atoms. The van der Waals surface area contributed by atoms with E-state index in [0.29, 0.717) is 35.8 Å². The van der Waals surface area contributed by atoms with Crippen molar-refractivity contribution in [1.29, 1.82) is 0 Å². The molecular weight excluding hydrogens is 439 g/mol. The summed E-state index contributed by atoms with van der Waals surface area (Å²) in [5, 5.41) is 16.8. The summed E-state index contributed by atoms with van der Waals surface area (Å²) in [5.41, 5.74) is 6.60. The third-order valence-electron chi connectivity index (χ3n) is 6.09. The minimum atomic E-state index is -0.587. The van der Waals surface area contributed by atoms with Gasteiger partial charge in [0.25, 0.3) is 0 Å². The Labute approximate surface area is 195 Å². The number of halogens is 1. The molecule has 2 atom stereocenters. The molecule has 0 amide bonds. The minimum absolute atomic E-state index is 0.0140. The van der Waals surface area contributed by atoms with E-state index in [1.54, 1.807) is 4.68 Å². The number of benzene rings is 2. The molecule has 9 nitrogen and oxygen atoms in total. The summed E-state index contributed by atoms with van der Waals surface area (Å²) in [6.07, 6.45) is 1.37. The first kappa shape index (κ1) is 22.3. The molecule has 2 aliphatic rings. The summed E-state index contributed by atoms with van der Waals surface area (Å²) in [6.45, 7) is 1.12. The first-order valence-electron chi connectivity index (χ1n) is 11.2. The summed E-state index contributed by atoms with van der Waals surface area (Å²) >= 11 is 0. The fraction of sp³-hybridized carbons (Fsp3) is 0.333. The van der Waals surface area contributed by atoms with Crippen LogP contribution in [0.15, 0.2) is 47.7 Å². The lowest BCUT2D eigenvalue weighted by molar-refractivity contribution is 0.0916. The van der Waals surface area contributed by atoms with Crippen molar-refractivity contribution in [3.05, 3.63) is 76.6 Å². The number of Topliss-reactive ketones (excluding diaryl/α,β-unsaturated/α-hetero) is 1. The van der Waals surface area contributed by atoms with Crippen LogP contribution in [0.2, 0.25) is 0 Å². The molecule has 34 heavy (non-hydrogen) atoms. The fourth-order valence-corrected chi connectivity index (χ4v) is 4.55. The number of aromatic nitrogens is 3. The van der Waals surface area contributed by atoms with Crippen LogP contribution in [0.1, 0.15) is 51.3 Å². The lowest BCUT2D eigenvalue weighted by atomic mass is 9.83. The van der Waals surface area contributed by atoms with Gasteiger partial charge in [0.1, 0.15) is 30.6 Å². The van der Waals surface area contributed by atoms with E-state index >= 15 is 0 Å². The van der Waals surface area contributed by atoms with E-state index in [-0.39, 0.29) is 24.5 Å². The Balaban J connectivity index is 1.67. The smallest absolute Gasteiger partial charge is 0.185 e. The number of aliphatic imine (C=N–C) groups is 1. The topological polar surface area (TPSA) is 114 Å². The molecule has 0 aliphatic carbocycles. The van der Waals surface area contributed by atoms with Gasteiger partial charge >= 0.3 is 0 Å². The number of aliphatic hydroxyl groups is 1. The maximum Gasteiger partial charge on any atom is 0.185 e. The molecule has 176 valence electrons. The zero-order valence-corrected chi connectivity index (χ0v) is 18.7. The standard InChI is InChI=1S/C24H25FN6O3/c1-26-11-14-3-5-15(6-4-14)23-21(24-28-13-29-31(24)7-2-8-32)22-20-17(19(33)12-27-22)9-16(25)10-18(20)30-34-23/h3-6,9-10,13,21,23,26,30,32H,2,7-8,11-12H2,1H3. The van der Waals surface area contributed by atoms with Crippen LogP contribution < -0.4 is 10.8 Å². The average Bonchev–Trinajstić information content (AvgIpc) is 3.23. The van der Waals surface area contributed by atoms with Gasteiger partial charge in [0.05, 0.1) is 17.3 Å². The van der Waals surface area contributed by atoms with Crippen LogP contribution in [-0.4, -0.2) is 51.6 Å². The second-order valence-electron chi connectivity index (χ2n) is 8.31. The Morgan fingerprint density at radius 1 is 1.29 bits per heavy atom. The number of rotatable bonds is 7. The molecule has 5 rings (SSSR count). The summed E-state index contributed by atoms with van der Waals surface area (Å²) in [5.74, 6) is -0.716. The Morgan fingerprint density at radius 3 is 2.88 bits per heavy atom. The number of nitrogens with one attached hydrogen (secondary N) is 2. The maximum atomic E-state index is 14.4. The van der Waals surface area contributed by atoms with E-state index < -0.39 is 17.8 Å². The van der Waals surface area contributed by atoms with E-state index in [9.17, 15) is 14.3 Å². The van der Waals surface area contributed by atoms with Gasteiger partial charge in [-0.2, -0.15) is 5.10 Å². The monoisotopic (exact) mass is 464 g/mol. The lowest BCUT2D eigenvalue weighted by Crippen LogP contribution is -2.29. The van der Waals surface area contributed by atoms with Crippen LogP contribution in [0.25, 0.3) is 0 Å². The molecule has 2 aromatic carbocycles. The molecule has 0 saturated heterocycles. The van der Waals surface area contributed by atoms with Crippen molar-refractivity contribution in [2.24, 2.45) is 4.99 Å². The summed E-state index contributed by atoms with van der Waals surface area (Å²) < 4.78 is 16.1. The molecule has 2 aliphatic heterocycles. The number of hydrogen-bond acceptors (Lipinski definition) is 8. The largest absolute Gasteiger partial charge is 0.396 e. The number of aryl methyl sites for hydroxylation is 1. The number of carbonyl (C=O) groups excluding carboxylic acids is 1. The Kier molecular flexibility index (Phi) is 6.18. The highest BCUT2D eigenvalue weighted by Crippen LogP contribution is 2.43. The van der Waals surface area contributed by atoms with Gasteiger partial charge in [0, 0.05) is 30.8 Å². The number of anilines is 1. The molecule has 0 fully saturated rings. The highest BCUT2D eigenvalue weighted by molar-refractivity contribution is 6.20. The summed E-state index contributed by atoms with van der Waals surface area (Å²) in [6, 6.07) is 10.5. The zero-order chi connectivity index (χ0) is 23.7. The van der Waals surface area contributed by atoms with Crippen LogP contribution in [0.5, 0.6) is 0 Å². The molecule has 0 spiro atoms. The molecule has 2 unspecified atom stereocenters. The molecule has 1 aromatic heterocycles. The van der Waals surface area contributed by atoms with Crippen molar-refractivity contribution in [2.45, 2.75) is 31.5 Å². The van der Waals surface area contributed by atoms with Gasteiger partial charge in [0.2, 0.25) is 0 Å². The van der Waals surface area contributed by atoms with Gasteiger partial charge in [-0.1, -0.05) is 24.3 Å². The number of ketones is 1. The van der Waals surface area contributed by atoms with E-state index in [2.05, 4.69) is 25.9 Å². The first-order valence-corrected chi connectivity index (χ1v) is 11.2. The van der Waals surface area contributed by atoms with Crippen LogP contribution in [0, 0.1) is 5.82 Å². The second kappa shape index (κ2) is 9.41. The van der Waals surface area contributed by atoms with Crippen LogP contribution >= 0.6 is 0 Å². The Hall–Kier alpha value is -3.47. The molecule has 3 N–H and O–H groups in total. The lowest BCUT2D eigenvalue weighted by Gasteiger charge is -2.27. The van der Waals surface area contributed by atoms with Crippen molar-refractivity contribution < 1.29 is 19.1 Å². The van der Waals surface area contributed by atoms with E-state index in [0.717, 1.165) is 17.7 Å². The highest BCUT2D eigenvalue weighted by Gasteiger charge is 2.41. The van der Waals surface area contributed by atoms with Crippen molar-refractivity contribution in [3.63, 3.8) is 0 Å². The quantitative estimate of drug-likeness (QED) is 0.492. The number of carbonyl (C=O) groups is 1.